The molecule has 17 heavy (non-hydrogen) atoms. The van der Waals surface area contributed by atoms with Crippen LogP contribution in [0.25, 0.3) is 10.8 Å². The van der Waals surface area contributed by atoms with Crippen molar-refractivity contribution in [3.8, 4) is 0 Å². The first-order chi connectivity index (χ1) is 8.11. The van der Waals surface area contributed by atoms with Crippen LogP contribution in [0.3, 0.4) is 0 Å². The molecular weight excluding hydrogens is 208 g/mol. The number of aliphatic hydroxyl groups is 1. The van der Waals surface area contributed by atoms with Gasteiger partial charge in [0.15, 0.2) is 0 Å². The highest BCUT2D eigenvalue weighted by Crippen LogP contribution is 2.33. The standard InChI is InChI=1S/C16H20O/c1-11(2)16(12(3)17)15-10-6-8-13-7-4-5-9-14(13)15/h4-12,16-17H,1-3H3. The van der Waals surface area contributed by atoms with Crippen LogP contribution in [-0.2, 0) is 0 Å². The maximum absolute atomic E-state index is 10.00. The van der Waals surface area contributed by atoms with Gasteiger partial charge in [-0.2, -0.15) is 0 Å². The number of aliphatic hydroxyl groups excluding tert-OH is 1. The summed E-state index contributed by atoms with van der Waals surface area (Å²) in [7, 11) is 0. The van der Waals surface area contributed by atoms with Gasteiger partial charge in [-0.25, -0.2) is 0 Å². The zero-order valence-electron chi connectivity index (χ0n) is 10.7. The molecule has 90 valence electrons. The Labute approximate surface area is 103 Å². The highest BCUT2D eigenvalue weighted by Gasteiger charge is 2.22. The quantitative estimate of drug-likeness (QED) is 0.843. The van der Waals surface area contributed by atoms with Crippen molar-refractivity contribution in [1.29, 1.82) is 0 Å². The van der Waals surface area contributed by atoms with Gasteiger partial charge in [0.25, 0.3) is 0 Å². The van der Waals surface area contributed by atoms with E-state index in [1.807, 2.05) is 6.92 Å². The summed E-state index contributed by atoms with van der Waals surface area (Å²) in [5.41, 5.74) is 1.26. The van der Waals surface area contributed by atoms with Gasteiger partial charge in [0.05, 0.1) is 6.10 Å². The lowest BCUT2D eigenvalue weighted by Crippen LogP contribution is -2.20. The van der Waals surface area contributed by atoms with E-state index in [2.05, 4.69) is 56.3 Å². The Morgan fingerprint density at radius 2 is 1.53 bits per heavy atom. The van der Waals surface area contributed by atoms with Gasteiger partial charge in [-0.1, -0.05) is 56.3 Å². The van der Waals surface area contributed by atoms with Crippen molar-refractivity contribution in [2.45, 2.75) is 32.8 Å². The van der Waals surface area contributed by atoms with Crippen LogP contribution in [0.5, 0.6) is 0 Å². The summed E-state index contributed by atoms with van der Waals surface area (Å²) >= 11 is 0. The normalized spacial score (nSPS) is 15.1. The number of hydrogen-bond donors (Lipinski definition) is 1. The van der Waals surface area contributed by atoms with Crippen LogP contribution in [0.2, 0.25) is 0 Å². The summed E-state index contributed by atoms with van der Waals surface area (Å²) in [6.45, 7) is 6.21. The number of fused-ring (bicyclic) bond motifs is 1. The van der Waals surface area contributed by atoms with Crippen LogP contribution in [-0.4, -0.2) is 11.2 Å². The second-order valence-corrected chi connectivity index (χ2v) is 5.08. The molecule has 0 spiro atoms. The molecule has 0 heterocycles. The molecule has 2 rings (SSSR count). The van der Waals surface area contributed by atoms with Crippen LogP contribution in [0.1, 0.15) is 32.3 Å². The monoisotopic (exact) mass is 228 g/mol. The molecule has 0 aliphatic carbocycles. The maximum atomic E-state index is 10.00. The zero-order chi connectivity index (χ0) is 12.4. The van der Waals surface area contributed by atoms with Crippen LogP contribution in [0.15, 0.2) is 42.5 Å². The third kappa shape index (κ3) is 2.34. The van der Waals surface area contributed by atoms with Gasteiger partial charge in [0.2, 0.25) is 0 Å². The molecule has 0 saturated heterocycles. The minimum Gasteiger partial charge on any atom is -0.393 e. The van der Waals surface area contributed by atoms with Gasteiger partial charge in [0.1, 0.15) is 0 Å². The van der Waals surface area contributed by atoms with E-state index in [-0.39, 0.29) is 12.0 Å². The van der Waals surface area contributed by atoms with Crippen LogP contribution >= 0.6 is 0 Å². The number of hydrogen-bond acceptors (Lipinski definition) is 1. The Morgan fingerprint density at radius 1 is 0.882 bits per heavy atom. The third-order valence-corrected chi connectivity index (χ3v) is 3.42. The maximum Gasteiger partial charge on any atom is 0.0583 e. The molecule has 0 saturated carbocycles. The minimum atomic E-state index is -0.319. The zero-order valence-corrected chi connectivity index (χ0v) is 10.7. The summed E-state index contributed by atoms with van der Waals surface area (Å²) in [5.74, 6) is 0.627. The van der Waals surface area contributed by atoms with Gasteiger partial charge in [-0.05, 0) is 29.2 Å². The molecule has 0 aliphatic rings. The summed E-state index contributed by atoms with van der Waals surface area (Å²) in [6.07, 6.45) is -0.319. The van der Waals surface area contributed by atoms with Crippen molar-refractivity contribution >= 4 is 10.8 Å². The average Bonchev–Trinajstić information content (AvgIpc) is 2.28. The second kappa shape index (κ2) is 4.89. The summed E-state index contributed by atoms with van der Waals surface area (Å²) in [6, 6.07) is 14.7. The highest BCUT2D eigenvalue weighted by molar-refractivity contribution is 5.86. The van der Waals surface area contributed by atoms with E-state index in [4.69, 9.17) is 0 Å². The topological polar surface area (TPSA) is 20.2 Å². The Balaban J connectivity index is 2.61. The summed E-state index contributed by atoms with van der Waals surface area (Å²) in [5, 5.41) is 12.5. The van der Waals surface area contributed by atoms with E-state index >= 15 is 0 Å². The van der Waals surface area contributed by atoms with Crippen LogP contribution in [0.4, 0.5) is 0 Å². The predicted molar refractivity (Wildman–Crippen MR) is 73.2 cm³/mol. The largest absolute Gasteiger partial charge is 0.393 e. The van der Waals surface area contributed by atoms with Gasteiger partial charge in [-0.15, -0.1) is 0 Å². The second-order valence-electron chi connectivity index (χ2n) is 5.08. The average molecular weight is 228 g/mol. The van der Waals surface area contributed by atoms with Crippen LogP contribution < -0.4 is 0 Å². The Morgan fingerprint density at radius 3 is 2.18 bits per heavy atom. The van der Waals surface area contributed by atoms with E-state index in [1.165, 1.54) is 16.3 Å². The number of rotatable bonds is 3. The van der Waals surface area contributed by atoms with Crippen molar-refractivity contribution in [2.75, 3.05) is 0 Å². The van der Waals surface area contributed by atoms with Crippen molar-refractivity contribution in [2.24, 2.45) is 5.92 Å². The van der Waals surface area contributed by atoms with E-state index < -0.39 is 0 Å². The SMILES string of the molecule is CC(C)C(c1cccc2ccccc12)C(C)O. The summed E-state index contributed by atoms with van der Waals surface area (Å²) in [4.78, 5) is 0. The van der Waals surface area contributed by atoms with E-state index in [9.17, 15) is 5.11 Å². The molecule has 2 unspecified atom stereocenters. The van der Waals surface area contributed by atoms with Crippen molar-refractivity contribution in [3.05, 3.63) is 48.0 Å². The molecule has 2 aromatic rings. The van der Waals surface area contributed by atoms with E-state index in [0.717, 1.165) is 0 Å². The van der Waals surface area contributed by atoms with Crippen molar-refractivity contribution < 1.29 is 5.11 Å². The van der Waals surface area contributed by atoms with Crippen molar-refractivity contribution in [1.82, 2.24) is 0 Å². The Kier molecular flexibility index (Phi) is 3.49. The Bertz CT molecular complexity index is 486. The fourth-order valence-electron chi connectivity index (χ4n) is 2.72. The van der Waals surface area contributed by atoms with Crippen molar-refractivity contribution in [3.63, 3.8) is 0 Å². The molecular formula is C16H20O. The fourth-order valence-corrected chi connectivity index (χ4v) is 2.72. The van der Waals surface area contributed by atoms with E-state index in [0.29, 0.717) is 5.92 Å². The van der Waals surface area contributed by atoms with Gasteiger partial charge in [-0.3, -0.25) is 0 Å². The summed E-state index contributed by atoms with van der Waals surface area (Å²) < 4.78 is 0. The lowest BCUT2D eigenvalue weighted by Gasteiger charge is -2.25. The molecule has 1 nitrogen and oxygen atoms in total. The number of benzene rings is 2. The van der Waals surface area contributed by atoms with Crippen LogP contribution in [0, 0.1) is 5.92 Å². The molecule has 0 amide bonds. The third-order valence-electron chi connectivity index (χ3n) is 3.42. The first-order valence-electron chi connectivity index (χ1n) is 6.27. The molecule has 0 aromatic heterocycles. The lowest BCUT2D eigenvalue weighted by atomic mass is 9.82. The predicted octanol–water partition coefficient (Wildman–Crippen LogP) is 3.96. The first kappa shape index (κ1) is 12.1. The smallest absolute Gasteiger partial charge is 0.0583 e. The minimum absolute atomic E-state index is 0.195. The molecule has 0 fully saturated rings. The molecule has 2 aromatic carbocycles. The fraction of sp³-hybridized carbons (Fsp3) is 0.375. The first-order valence-corrected chi connectivity index (χ1v) is 6.27. The van der Waals surface area contributed by atoms with Gasteiger partial charge in [0, 0.05) is 5.92 Å². The molecule has 0 radical (unpaired) electrons. The molecule has 2 atom stereocenters. The van der Waals surface area contributed by atoms with Gasteiger partial charge >= 0.3 is 0 Å². The molecule has 1 N–H and O–H groups in total. The highest BCUT2D eigenvalue weighted by atomic mass is 16.3. The molecule has 0 aliphatic heterocycles. The molecule has 0 bridgehead atoms. The Hall–Kier alpha value is -1.34. The lowest BCUT2D eigenvalue weighted by molar-refractivity contribution is 0.141. The molecule has 1 heteroatoms. The van der Waals surface area contributed by atoms with E-state index in [1.54, 1.807) is 0 Å². The van der Waals surface area contributed by atoms with Gasteiger partial charge < -0.3 is 5.11 Å².